The average molecular weight is 278 g/mol. The zero-order chi connectivity index (χ0) is 11.6. The first-order valence-corrected chi connectivity index (χ1v) is 5.44. The van der Waals surface area contributed by atoms with E-state index in [1.807, 2.05) is 25.1 Å². The first-order valence-electron chi connectivity index (χ1n) is 4.65. The highest BCUT2D eigenvalue weighted by Crippen LogP contribution is 2.22. The predicted molar refractivity (Wildman–Crippen MR) is 61.2 cm³/mol. The molecule has 1 aromatic rings. The summed E-state index contributed by atoms with van der Waals surface area (Å²) in [5.41, 5.74) is 5.92. The second-order valence-corrected chi connectivity index (χ2v) is 4.97. The third kappa shape index (κ3) is 3.24. The number of rotatable bonds is 3. The van der Waals surface area contributed by atoms with E-state index in [0.29, 0.717) is 0 Å². The van der Waals surface area contributed by atoms with Crippen LogP contribution in [0.3, 0.4) is 0 Å². The monoisotopic (exact) mass is 277 g/mol. The summed E-state index contributed by atoms with van der Waals surface area (Å²) in [5.74, 6) is 0. The molecule has 1 unspecified atom stereocenters. The van der Waals surface area contributed by atoms with Crippen molar-refractivity contribution in [1.29, 1.82) is 0 Å². The summed E-state index contributed by atoms with van der Waals surface area (Å²) in [4.78, 5) is 0. The van der Waals surface area contributed by atoms with Gasteiger partial charge in [-0.15, -0.1) is 0 Å². The fourth-order valence-corrected chi connectivity index (χ4v) is 1.82. The van der Waals surface area contributed by atoms with Crippen LogP contribution in [-0.4, -0.2) is 12.0 Å². The van der Waals surface area contributed by atoms with E-state index >= 15 is 0 Å². The van der Waals surface area contributed by atoms with E-state index in [1.165, 1.54) is 6.92 Å². The Balaban J connectivity index is 2.90. The topological polar surface area (TPSA) is 26.0 Å². The molecule has 1 rings (SSSR count). The highest BCUT2D eigenvalue weighted by atomic mass is 79.9. The minimum atomic E-state index is -2.51. The molecule has 0 heterocycles. The molecular formula is C11H14BrF2N. The number of hydrogen-bond donors (Lipinski definition) is 1. The molecule has 0 aliphatic heterocycles. The van der Waals surface area contributed by atoms with Gasteiger partial charge >= 0.3 is 0 Å². The molecule has 84 valence electrons. The van der Waals surface area contributed by atoms with E-state index in [9.17, 15) is 8.78 Å². The molecule has 0 aliphatic rings. The van der Waals surface area contributed by atoms with Crippen LogP contribution in [0.2, 0.25) is 0 Å². The Morgan fingerprint density at radius 3 is 2.53 bits per heavy atom. The zero-order valence-electron chi connectivity index (χ0n) is 8.73. The van der Waals surface area contributed by atoms with Gasteiger partial charge in [0.2, 0.25) is 0 Å². The maximum Gasteiger partial charge on any atom is 0.256 e. The smallest absolute Gasteiger partial charge is 0.256 e. The quantitative estimate of drug-likeness (QED) is 0.902. The van der Waals surface area contributed by atoms with Gasteiger partial charge in [-0.3, -0.25) is 0 Å². The lowest BCUT2D eigenvalue weighted by Crippen LogP contribution is -2.46. The molecule has 0 radical (unpaired) electrons. The molecule has 0 amide bonds. The van der Waals surface area contributed by atoms with E-state index in [0.717, 1.165) is 15.6 Å². The molecule has 1 aromatic carbocycles. The Kier molecular flexibility index (Phi) is 3.84. The molecule has 1 atom stereocenters. The fraction of sp³-hybridized carbons (Fsp3) is 0.455. The molecule has 0 bridgehead atoms. The molecule has 0 saturated heterocycles. The lowest BCUT2D eigenvalue weighted by molar-refractivity contribution is 0.0638. The lowest BCUT2D eigenvalue weighted by Gasteiger charge is -2.24. The van der Waals surface area contributed by atoms with Gasteiger partial charge in [0.1, 0.15) is 0 Å². The molecule has 1 nitrogen and oxygen atoms in total. The molecular weight excluding hydrogens is 264 g/mol. The number of alkyl halides is 2. The molecule has 0 aliphatic carbocycles. The predicted octanol–water partition coefficient (Wildman–Crippen LogP) is 3.28. The zero-order valence-corrected chi connectivity index (χ0v) is 10.3. The van der Waals surface area contributed by atoms with Crippen LogP contribution >= 0.6 is 15.9 Å². The van der Waals surface area contributed by atoms with E-state index in [4.69, 9.17) is 5.73 Å². The van der Waals surface area contributed by atoms with Crippen LogP contribution in [0.15, 0.2) is 22.7 Å². The van der Waals surface area contributed by atoms with Gasteiger partial charge in [0.05, 0.1) is 5.54 Å². The van der Waals surface area contributed by atoms with Crippen molar-refractivity contribution in [3.05, 3.63) is 33.8 Å². The van der Waals surface area contributed by atoms with Crippen molar-refractivity contribution in [2.75, 3.05) is 0 Å². The molecule has 0 saturated carbocycles. The van der Waals surface area contributed by atoms with Gasteiger partial charge in [0.15, 0.2) is 0 Å². The van der Waals surface area contributed by atoms with Gasteiger partial charge in [-0.25, -0.2) is 8.78 Å². The Labute approximate surface area is 96.8 Å². The van der Waals surface area contributed by atoms with Crippen molar-refractivity contribution >= 4 is 15.9 Å². The maximum absolute atomic E-state index is 12.6. The first-order chi connectivity index (χ1) is 6.83. The minimum Gasteiger partial charge on any atom is -0.320 e. The third-order valence-electron chi connectivity index (χ3n) is 2.37. The molecule has 0 fully saturated rings. The van der Waals surface area contributed by atoms with E-state index in [2.05, 4.69) is 15.9 Å². The van der Waals surface area contributed by atoms with Crippen molar-refractivity contribution in [3.8, 4) is 0 Å². The third-order valence-corrected chi connectivity index (χ3v) is 2.87. The number of benzene rings is 1. The van der Waals surface area contributed by atoms with Gasteiger partial charge in [-0.1, -0.05) is 22.0 Å². The Morgan fingerprint density at radius 2 is 2.07 bits per heavy atom. The summed E-state index contributed by atoms with van der Waals surface area (Å²) in [6, 6.07) is 5.56. The van der Waals surface area contributed by atoms with Crippen LogP contribution < -0.4 is 5.73 Å². The Hall–Kier alpha value is -0.480. The van der Waals surface area contributed by atoms with Crippen molar-refractivity contribution in [2.45, 2.75) is 32.2 Å². The van der Waals surface area contributed by atoms with Gasteiger partial charge in [0.25, 0.3) is 6.43 Å². The largest absolute Gasteiger partial charge is 0.320 e. The number of hydrogen-bond acceptors (Lipinski definition) is 1. The summed E-state index contributed by atoms with van der Waals surface area (Å²) >= 11 is 3.33. The Morgan fingerprint density at radius 1 is 1.47 bits per heavy atom. The van der Waals surface area contributed by atoms with E-state index < -0.39 is 12.0 Å². The van der Waals surface area contributed by atoms with Crippen molar-refractivity contribution < 1.29 is 8.78 Å². The van der Waals surface area contributed by atoms with E-state index in [1.54, 1.807) is 0 Å². The normalized spacial score (nSPS) is 15.4. The second kappa shape index (κ2) is 4.58. The molecule has 2 N–H and O–H groups in total. The van der Waals surface area contributed by atoms with Gasteiger partial charge < -0.3 is 5.73 Å². The number of halogens is 3. The van der Waals surface area contributed by atoms with Crippen molar-refractivity contribution in [1.82, 2.24) is 0 Å². The number of aryl methyl sites for hydroxylation is 1. The first kappa shape index (κ1) is 12.6. The van der Waals surface area contributed by atoms with Gasteiger partial charge in [-0.2, -0.15) is 0 Å². The standard InChI is InChI=1S/C11H14BrF2N/c1-7-5-9(12)4-3-8(7)6-11(2,15)10(13)14/h3-5,10H,6,15H2,1-2H3. The van der Waals surface area contributed by atoms with Crippen LogP contribution in [-0.2, 0) is 6.42 Å². The SMILES string of the molecule is Cc1cc(Br)ccc1CC(C)(N)C(F)F. The van der Waals surface area contributed by atoms with Gasteiger partial charge in [0, 0.05) is 4.47 Å². The van der Waals surface area contributed by atoms with Crippen LogP contribution in [0.25, 0.3) is 0 Å². The summed E-state index contributed by atoms with van der Waals surface area (Å²) in [6.07, 6.45) is -2.33. The lowest BCUT2D eigenvalue weighted by atomic mass is 9.92. The van der Waals surface area contributed by atoms with Crippen LogP contribution in [0, 0.1) is 6.92 Å². The maximum atomic E-state index is 12.6. The van der Waals surface area contributed by atoms with Gasteiger partial charge in [-0.05, 0) is 43.5 Å². The summed E-state index contributed by atoms with van der Waals surface area (Å²) in [6.45, 7) is 3.26. The minimum absolute atomic E-state index is 0.184. The Bertz CT molecular complexity index is 350. The average Bonchev–Trinajstić information content (AvgIpc) is 2.09. The van der Waals surface area contributed by atoms with Crippen LogP contribution in [0.5, 0.6) is 0 Å². The van der Waals surface area contributed by atoms with Crippen molar-refractivity contribution in [3.63, 3.8) is 0 Å². The highest BCUT2D eigenvalue weighted by Gasteiger charge is 2.30. The van der Waals surface area contributed by atoms with E-state index in [-0.39, 0.29) is 6.42 Å². The van der Waals surface area contributed by atoms with Crippen molar-refractivity contribution in [2.24, 2.45) is 5.73 Å². The molecule has 0 aromatic heterocycles. The highest BCUT2D eigenvalue weighted by molar-refractivity contribution is 9.10. The fourth-order valence-electron chi connectivity index (χ4n) is 1.35. The molecule has 0 spiro atoms. The van der Waals surface area contributed by atoms with Crippen LogP contribution in [0.4, 0.5) is 8.78 Å². The molecule has 4 heteroatoms. The molecule has 15 heavy (non-hydrogen) atoms. The van der Waals surface area contributed by atoms with Crippen LogP contribution in [0.1, 0.15) is 18.1 Å². The summed E-state index contributed by atoms with van der Waals surface area (Å²) < 4.78 is 26.1. The summed E-state index contributed by atoms with van der Waals surface area (Å²) in [5, 5.41) is 0. The second-order valence-electron chi connectivity index (χ2n) is 4.05. The summed E-state index contributed by atoms with van der Waals surface area (Å²) in [7, 11) is 0. The number of nitrogens with two attached hydrogens (primary N) is 1.